The van der Waals surface area contributed by atoms with Crippen LogP contribution in [0.2, 0.25) is 0 Å². The maximum absolute atomic E-state index is 5.96. The lowest BCUT2D eigenvalue weighted by Gasteiger charge is -2.34. The average molecular weight is 208 g/mol. The minimum atomic E-state index is 0.314. The molecule has 0 bridgehead atoms. The van der Waals surface area contributed by atoms with Crippen molar-refractivity contribution in [2.45, 2.75) is 32.4 Å². The molecule has 2 unspecified atom stereocenters. The van der Waals surface area contributed by atoms with Crippen molar-refractivity contribution >= 4 is 0 Å². The molecule has 1 fully saturated rings. The topological polar surface area (TPSA) is 57.9 Å². The summed E-state index contributed by atoms with van der Waals surface area (Å²) < 4.78 is 0. The first kappa shape index (κ1) is 10.6. The van der Waals surface area contributed by atoms with Gasteiger partial charge in [-0.2, -0.15) is 5.10 Å². The third kappa shape index (κ3) is 2.79. The van der Waals surface area contributed by atoms with E-state index >= 15 is 0 Å². The number of hydrogen-bond acceptors (Lipinski definition) is 3. The summed E-state index contributed by atoms with van der Waals surface area (Å²) >= 11 is 0. The molecule has 15 heavy (non-hydrogen) atoms. The Hall–Kier alpha value is -0.870. The molecule has 2 rings (SSSR count). The van der Waals surface area contributed by atoms with Gasteiger partial charge in [-0.25, -0.2) is 0 Å². The van der Waals surface area contributed by atoms with E-state index in [0.29, 0.717) is 12.0 Å². The van der Waals surface area contributed by atoms with Crippen LogP contribution < -0.4 is 5.73 Å². The molecule has 84 valence electrons. The van der Waals surface area contributed by atoms with Crippen molar-refractivity contribution in [3.05, 3.63) is 18.0 Å². The Bertz CT molecular complexity index is 281. The summed E-state index contributed by atoms with van der Waals surface area (Å²) in [5.41, 5.74) is 7.15. The van der Waals surface area contributed by atoms with Crippen molar-refractivity contribution < 1.29 is 0 Å². The molecule has 0 saturated carbocycles. The molecule has 0 spiro atoms. The van der Waals surface area contributed by atoms with E-state index in [1.54, 1.807) is 0 Å². The fourth-order valence-electron chi connectivity index (χ4n) is 2.28. The Morgan fingerprint density at radius 2 is 2.60 bits per heavy atom. The van der Waals surface area contributed by atoms with Gasteiger partial charge < -0.3 is 5.73 Å². The highest BCUT2D eigenvalue weighted by molar-refractivity contribution is 4.97. The Labute approximate surface area is 90.8 Å². The van der Waals surface area contributed by atoms with Crippen LogP contribution in [0.3, 0.4) is 0 Å². The predicted octanol–water partition coefficient (Wildman–Crippen LogP) is 0.969. The maximum Gasteiger partial charge on any atom is 0.0492 e. The quantitative estimate of drug-likeness (QED) is 0.778. The van der Waals surface area contributed by atoms with Gasteiger partial charge in [-0.05, 0) is 38.3 Å². The Morgan fingerprint density at radius 1 is 1.73 bits per heavy atom. The van der Waals surface area contributed by atoms with Crippen LogP contribution in [0.5, 0.6) is 0 Å². The molecule has 4 nitrogen and oxygen atoms in total. The van der Waals surface area contributed by atoms with Crippen LogP contribution in [0.15, 0.2) is 12.3 Å². The monoisotopic (exact) mass is 208 g/mol. The van der Waals surface area contributed by atoms with Crippen LogP contribution in [-0.2, 0) is 6.54 Å². The van der Waals surface area contributed by atoms with Crippen LogP contribution in [0, 0.1) is 5.92 Å². The van der Waals surface area contributed by atoms with E-state index in [0.717, 1.165) is 13.1 Å². The molecule has 1 aromatic rings. The highest BCUT2D eigenvalue weighted by Crippen LogP contribution is 2.19. The van der Waals surface area contributed by atoms with Gasteiger partial charge in [-0.15, -0.1) is 0 Å². The lowest BCUT2D eigenvalue weighted by Crippen LogP contribution is -2.41. The normalized spacial score (nSPS) is 25.3. The lowest BCUT2D eigenvalue weighted by molar-refractivity contribution is 0.153. The van der Waals surface area contributed by atoms with E-state index in [2.05, 4.69) is 22.0 Å². The summed E-state index contributed by atoms with van der Waals surface area (Å²) in [6, 6.07) is 2.35. The van der Waals surface area contributed by atoms with Gasteiger partial charge in [0, 0.05) is 31.0 Å². The Morgan fingerprint density at radius 3 is 3.27 bits per heavy atom. The summed E-state index contributed by atoms with van der Waals surface area (Å²) in [6.07, 6.45) is 4.35. The zero-order valence-electron chi connectivity index (χ0n) is 9.32. The van der Waals surface area contributed by atoms with Gasteiger partial charge in [-0.1, -0.05) is 0 Å². The van der Waals surface area contributed by atoms with Gasteiger partial charge in [0.25, 0.3) is 0 Å². The van der Waals surface area contributed by atoms with Gasteiger partial charge >= 0.3 is 0 Å². The molecular formula is C11H20N4. The molecule has 1 aliphatic rings. The third-order valence-electron chi connectivity index (χ3n) is 3.24. The first-order valence-corrected chi connectivity index (χ1v) is 5.72. The zero-order chi connectivity index (χ0) is 10.7. The minimum absolute atomic E-state index is 0.314. The number of likely N-dealkylation sites (tertiary alicyclic amines) is 1. The molecule has 2 heterocycles. The SMILES string of the molecule is CC(N)C1CCCN(Cc2ccn[nH]2)C1. The van der Waals surface area contributed by atoms with E-state index < -0.39 is 0 Å². The first-order chi connectivity index (χ1) is 7.25. The fourth-order valence-corrected chi connectivity index (χ4v) is 2.28. The second kappa shape index (κ2) is 4.77. The van der Waals surface area contributed by atoms with Crippen LogP contribution in [-0.4, -0.2) is 34.2 Å². The zero-order valence-corrected chi connectivity index (χ0v) is 9.32. The number of nitrogens with zero attached hydrogens (tertiary/aromatic N) is 2. The van der Waals surface area contributed by atoms with E-state index in [1.807, 2.05) is 12.3 Å². The summed E-state index contributed by atoms with van der Waals surface area (Å²) in [5, 5.41) is 6.97. The third-order valence-corrected chi connectivity index (χ3v) is 3.24. The van der Waals surface area contributed by atoms with Crippen molar-refractivity contribution in [2.24, 2.45) is 11.7 Å². The second-order valence-corrected chi connectivity index (χ2v) is 4.58. The predicted molar refractivity (Wildman–Crippen MR) is 60.2 cm³/mol. The molecule has 1 aromatic heterocycles. The van der Waals surface area contributed by atoms with Gasteiger partial charge in [0.05, 0.1) is 0 Å². The number of rotatable bonds is 3. The summed E-state index contributed by atoms with van der Waals surface area (Å²) in [4.78, 5) is 2.46. The largest absolute Gasteiger partial charge is 0.328 e. The highest BCUT2D eigenvalue weighted by Gasteiger charge is 2.22. The van der Waals surface area contributed by atoms with Crippen LogP contribution in [0.1, 0.15) is 25.5 Å². The first-order valence-electron chi connectivity index (χ1n) is 5.72. The molecule has 0 radical (unpaired) electrons. The van der Waals surface area contributed by atoms with Crippen molar-refractivity contribution in [1.29, 1.82) is 0 Å². The van der Waals surface area contributed by atoms with Gasteiger partial charge in [0.2, 0.25) is 0 Å². The summed E-state index contributed by atoms with van der Waals surface area (Å²) in [7, 11) is 0. The summed E-state index contributed by atoms with van der Waals surface area (Å²) in [5.74, 6) is 0.654. The van der Waals surface area contributed by atoms with Crippen LogP contribution in [0.4, 0.5) is 0 Å². The van der Waals surface area contributed by atoms with E-state index in [-0.39, 0.29) is 0 Å². The molecule has 1 aliphatic heterocycles. The van der Waals surface area contributed by atoms with E-state index in [9.17, 15) is 0 Å². The van der Waals surface area contributed by atoms with Crippen molar-refractivity contribution in [2.75, 3.05) is 13.1 Å². The molecule has 4 heteroatoms. The average Bonchev–Trinajstić information content (AvgIpc) is 2.71. The Balaban J connectivity index is 1.88. The molecule has 0 aliphatic carbocycles. The van der Waals surface area contributed by atoms with E-state index in [4.69, 9.17) is 5.73 Å². The number of aromatic nitrogens is 2. The molecule has 2 atom stereocenters. The molecule has 3 N–H and O–H groups in total. The van der Waals surface area contributed by atoms with Gasteiger partial charge in [0.1, 0.15) is 0 Å². The lowest BCUT2D eigenvalue weighted by atomic mass is 9.92. The van der Waals surface area contributed by atoms with Crippen molar-refractivity contribution in [3.8, 4) is 0 Å². The van der Waals surface area contributed by atoms with Gasteiger partial charge in [0.15, 0.2) is 0 Å². The van der Waals surface area contributed by atoms with Crippen LogP contribution in [0.25, 0.3) is 0 Å². The number of H-pyrrole nitrogens is 1. The smallest absolute Gasteiger partial charge is 0.0492 e. The second-order valence-electron chi connectivity index (χ2n) is 4.58. The van der Waals surface area contributed by atoms with Crippen molar-refractivity contribution in [3.63, 3.8) is 0 Å². The molecule has 0 amide bonds. The standard InChI is InChI=1S/C11H20N4/c1-9(12)10-3-2-6-15(7-10)8-11-4-5-13-14-11/h4-5,9-10H,2-3,6-8,12H2,1H3,(H,13,14). The Kier molecular flexibility index (Phi) is 3.38. The van der Waals surface area contributed by atoms with Gasteiger partial charge in [-0.3, -0.25) is 10.00 Å². The number of nitrogens with two attached hydrogens (primary N) is 1. The van der Waals surface area contributed by atoms with E-state index in [1.165, 1.54) is 25.1 Å². The molecule has 1 saturated heterocycles. The minimum Gasteiger partial charge on any atom is -0.328 e. The molecular weight excluding hydrogens is 188 g/mol. The fraction of sp³-hybridized carbons (Fsp3) is 0.727. The molecule has 0 aromatic carbocycles. The number of hydrogen-bond donors (Lipinski definition) is 2. The maximum atomic E-state index is 5.96. The highest BCUT2D eigenvalue weighted by atomic mass is 15.2. The van der Waals surface area contributed by atoms with Crippen molar-refractivity contribution in [1.82, 2.24) is 15.1 Å². The summed E-state index contributed by atoms with van der Waals surface area (Å²) in [6.45, 7) is 5.40. The number of aromatic amines is 1. The number of piperidine rings is 1. The van der Waals surface area contributed by atoms with Crippen LogP contribution >= 0.6 is 0 Å². The number of nitrogens with one attached hydrogen (secondary N) is 1.